The lowest BCUT2D eigenvalue weighted by atomic mass is 9.81. The third kappa shape index (κ3) is 7.82. The molecule has 1 saturated carbocycles. The second-order valence-corrected chi connectivity index (χ2v) is 14.4. The predicted octanol–water partition coefficient (Wildman–Crippen LogP) is 7.75. The quantitative estimate of drug-likeness (QED) is 0.177. The van der Waals surface area contributed by atoms with E-state index in [2.05, 4.69) is 10.3 Å². The third-order valence-corrected chi connectivity index (χ3v) is 10.9. The maximum atomic E-state index is 14.4. The molecule has 2 fully saturated rings. The molecule has 1 aromatic heterocycles. The fraction of sp³-hybridized carbons (Fsp3) is 0.455. The first-order valence-electron chi connectivity index (χ1n) is 15.3. The third-order valence-electron chi connectivity index (χ3n) is 8.47. The molecule has 2 aliphatic heterocycles. The van der Waals surface area contributed by atoms with Crippen LogP contribution in [-0.4, -0.2) is 58.8 Å². The summed E-state index contributed by atoms with van der Waals surface area (Å²) in [6, 6.07) is 9.66. The molecule has 1 saturated heterocycles. The molecule has 0 unspecified atom stereocenters. The van der Waals surface area contributed by atoms with Gasteiger partial charge in [-0.25, -0.2) is 4.98 Å². The van der Waals surface area contributed by atoms with Crippen LogP contribution in [0.5, 0.6) is 5.75 Å². The molecular weight excluding hydrogens is 676 g/mol. The maximum absolute atomic E-state index is 14.4. The minimum Gasteiger partial charge on any atom is -0.488 e. The minimum atomic E-state index is 0.0182. The summed E-state index contributed by atoms with van der Waals surface area (Å²) in [7, 11) is 0. The molecule has 2 N–H and O–H groups in total. The van der Waals surface area contributed by atoms with E-state index in [0.29, 0.717) is 58.1 Å². The smallest absolute Gasteiger partial charge is 0.252 e. The summed E-state index contributed by atoms with van der Waals surface area (Å²) in [4.78, 5) is 22.1. The van der Waals surface area contributed by atoms with Gasteiger partial charge in [0, 0.05) is 43.0 Å². The van der Waals surface area contributed by atoms with Crippen LogP contribution < -0.4 is 10.1 Å². The average Bonchev–Trinajstić information content (AvgIpc) is 3.75. The van der Waals surface area contributed by atoms with Crippen molar-refractivity contribution in [3.05, 3.63) is 83.2 Å². The summed E-state index contributed by atoms with van der Waals surface area (Å²) in [5, 5.41) is 15.5. The summed E-state index contributed by atoms with van der Waals surface area (Å²) >= 11 is 27.1. The van der Waals surface area contributed by atoms with Crippen LogP contribution in [-0.2, 0) is 29.1 Å². The number of halogens is 4. The average molecular weight is 712 g/mol. The molecule has 1 amide bonds. The van der Waals surface area contributed by atoms with Gasteiger partial charge in [-0.3, -0.25) is 4.79 Å². The van der Waals surface area contributed by atoms with Crippen LogP contribution in [0.2, 0.25) is 20.1 Å². The van der Waals surface area contributed by atoms with Crippen LogP contribution in [0.25, 0.3) is 5.57 Å². The second-order valence-electron chi connectivity index (χ2n) is 11.7. The van der Waals surface area contributed by atoms with Gasteiger partial charge in [0.1, 0.15) is 11.6 Å². The Labute approximate surface area is 287 Å². The van der Waals surface area contributed by atoms with Crippen molar-refractivity contribution in [3.8, 4) is 5.75 Å². The number of ether oxygens (including phenoxy) is 2. The van der Waals surface area contributed by atoms with Crippen LogP contribution >= 0.6 is 57.7 Å². The Morgan fingerprint density at radius 2 is 1.87 bits per heavy atom. The van der Waals surface area contributed by atoms with Gasteiger partial charge in [0.15, 0.2) is 5.75 Å². The first kappa shape index (κ1) is 33.0. The number of amides is 1. The molecule has 45 heavy (non-hydrogen) atoms. The van der Waals surface area contributed by atoms with E-state index in [1.807, 2.05) is 23.2 Å². The summed E-state index contributed by atoms with van der Waals surface area (Å²) in [6.07, 6.45) is 8.26. The molecule has 6 rings (SSSR count). The normalized spacial score (nSPS) is 19.6. The fourth-order valence-electron chi connectivity index (χ4n) is 6.15. The zero-order chi connectivity index (χ0) is 31.5. The monoisotopic (exact) mass is 709 g/mol. The van der Waals surface area contributed by atoms with Gasteiger partial charge in [-0.1, -0.05) is 58.5 Å². The van der Waals surface area contributed by atoms with E-state index in [1.165, 1.54) is 0 Å². The van der Waals surface area contributed by atoms with Gasteiger partial charge < -0.3 is 24.8 Å². The van der Waals surface area contributed by atoms with Gasteiger partial charge in [0.05, 0.1) is 38.2 Å². The molecule has 7 nitrogen and oxygen atoms in total. The van der Waals surface area contributed by atoms with E-state index in [0.717, 1.165) is 70.7 Å². The number of fused-ring (bicyclic) bond motifs is 2. The lowest BCUT2D eigenvalue weighted by molar-refractivity contribution is -0.128. The van der Waals surface area contributed by atoms with Crippen molar-refractivity contribution < 1.29 is 19.4 Å². The molecule has 240 valence electrons. The number of hydrogen-bond acceptors (Lipinski definition) is 7. The Hall–Kier alpha value is -1.88. The minimum absolute atomic E-state index is 0.0182. The molecule has 3 aromatic rings. The zero-order valence-electron chi connectivity index (χ0n) is 24.7. The second kappa shape index (κ2) is 14.9. The molecule has 2 bridgehead atoms. The van der Waals surface area contributed by atoms with Gasteiger partial charge in [0.2, 0.25) is 0 Å². The van der Waals surface area contributed by atoms with E-state index >= 15 is 0 Å². The highest BCUT2D eigenvalue weighted by Gasteiger charge is 2.41. The Balaban J connectivity index is 1.14. The molecule has 2 atom stereocenters. The molecule has 2 aromatic carbocycles. The number of aromatic nitrogens is 1. The van der Waals surface area contributed by atoms with Crippen molar-refractivity contribution in [3.63, 3.8) is 0 Å². The molecular formula is C33H35Cl4N3O4S. The standard InChI is InChI=1S/C33H35Cl4N3O4S/c34-24-5-1-3-20(31(24)37)17-40(22-7-8-22)33(42)30-23(15-21-4-2-6-27(30)39-21)28-16-38-29(45-28)18-43-11-12-44-32-25(35)13-19(9-10-41)14-26(32)36/h1,3,5,13-14,16,21-22,27,39,41H,2,4,6-12,15,17-18H2/t21-,27+/m0/s1. The molecule has 0 radical (unpaired) electrons. The van der Waals surface area contributed by atoms with Crippen LogP contribution in [0.4, 0.5) is 0 Å². The first-order chi connectivity index (χ1) is 21.8. The van der Waals surface area contributed by atoms with Crippen molar-refractivity contribution in [2.45, 2.75) is 76.2 Å². The van der Waals surface area contributed by atoms with Gasteiger partial charge in [-0.15, -0.1) is 11.3 Å². The van der Waals surface area contributed by atoms with E-state index < -0.39 is 0 Å². The summed E-state index contributed by atoms with van der Waals surface area (Å²) in [5.74, 6) is 0.477. The van der Waals surface area contributed by atoms with E-state index in [1.54, 1.807) is 29.5 Å². The van der Waals surface area contributed by atoms with Crippen LogP contribution in [0, 0.1) is 0 Å². The van der Waals surface area contributed by atoms with Crippen LogP contribution in [0.3, 0.4) is 0 Å². The lowest BCUT2D eigenvalue weighted by Gasteiger charge is -2.40. The van der Waals surface area contributed by atoms with Crippen LogP contribution in [0.1, 0.15) is 59.5 Å². The van der Waals surface area contributed by atoms with Crippen molar-refractivity contribution in [1.29, 1.82) is 0 Å². The van der Waals surface area contributed by atoms with Gasteiger partial charge >= 0.3 is 0 Å². The number of piperidine rings is 1. The number of aliphatic hydroxyl groups is 1. The summed E-state index contributed by atoms with van der Waals surface area (Å²) in [6.45, 7) is 1.37. The Kier molecular flexibility index (Phi) is 10.9. The number of carbonyl (C=O) groups excluding carboxylic acids is 1. The molecule has 1 aliphatic carbocycles. The van der Waals surface area contributed by atoms with Crippen molar-refractivity contribution >= 4 is 69.2 Å². The van der Waals surface area contributed by atoms with E-state index in [9.17, 15) is 4.79 Å². The fourth-order valence-corrected chi connectivity index (χ4v) is 8.10. The SMILES string of the molecule is O=C(C1=C(c2cnc(COCCOc3c(Cl)cc(CCO)cc3Cl)s2)C[C@@H]2CCC[C@H]1N2)N(Cc1cccc(Cl)c1Cl)C1CC1. The number of thiazole rings is 1. The Morgan fingerprint density at radius 1 is 1.07 bits per heavy atom. The van der Waals surface area contributed by atoms with Crippen molar-refractivity contribution in [1.82, 2.24) is 15.2 Å². The molecule has 12 heteroatoms. The van der Waals surface area contributed by atoms with Crippen molar-refractivity contribution in [2.24, 2.45) is 0 Å². The first-order valence-corrected chi connectivity index (χ1v) is 17.6. The van der Waals surface area contributed by atoms with Gasteiger partial charge in [0.25, 0.3) is 5.91 Å². The highest BCUT2D eigenvalue weighted by Crippen LogP contribution is 2.41. The number of aliphatic hydroxyl groups excluding tert-OH is 1. The van der Waals surface area contributed by atoms with Crippen LogP contribution in [0.15, 0.2) is 42.1 Å². The Bertz CT molecular complexity index is 1550. The Morgan fingerprint density at radius 3 is 2.62 bits per heavy atom. The predicted molar refractivity (Wildman–Crippen MR) is 181 cm³/mol. The topological polar surface area (TPSA) is 83.9 Å². The molecule has 3 aliphatic rings. The number of nitrogens with one attached hydrogen (secondary N) is 1. The highest BCUT2D eigenvalue weighted by atomic mass is 35.5. The van der Waals surface area contributed by atoms with Crippen molar-refractivity contribution in [2.75, 3.05) is 19.8 Å². The number of carbonyl (C=O) groups is 1. The molecule has 0 spiro atoms. The highest BCUT2D eigenvalue weighted by molar-refractivity contribution is 7.12. The maximum Gasteiger partial charge on any atom is 0.252 e. The number of hydrogen-bond donors (Lipinski definition) is 2. The zero-order valence-corrected chi connectivity index (χ0v) is 28.5. The number of nitrogens with zero attached hydrogens (tertiary/aromatic N) is 2. The summed E-state index contributed by atoms with van der Waals surface area (Å²) < 4.78 is 11.7. The van der Waals surface area contributed by atoms with Gasteiger partial charge in [-0.05, 0) is 79.8 Å². The number of rotatable bonds is 13. The summed E-state index contributed by atoms with van der Waals surface area (Å²) in [5.41, 5.74) is 3.66. The van der Waals surface area contributed by atoms with Gasteiger partial charge in [-0.2, -0.15) is 0 Å². The largest absolute Gasteiger partial charge is 0.488 e. The van der Waals surface area contributed by atoms with E-state index in [-0.39, 0.29) is 31.2 Å². The van der Waals surface area contributed by atoms with E-state index in [4.69, 9.17) is 61.0 Å². The molecule has 3 heterocycles. The number of benzene rings is 2. The lowest BCUT2D eigenvalue weighted by Crippen LogP contribution is -2.51.